The summed E-state index contributed by atoms with van der Waals surface area (Å²) in [7, 11) is 0. The molecule has 1 aliphatic heterocycles. The Hall–Kier alpha value is -5.25. The van der Waals surface area contributed by atoms with Crippen LogP contribution in [0.1, 0.15) is 29.0 Å². The number of rotatable bonds is 8. The average molecular weight is 544 g/mol. The number of carbonyl (C=O) groups excluding carboxylic acids is 1. The number of nitrogens with zero attached hydrogens (tertiary/aromatic N) is 6. The van der Waals surface area contributed by atoms with Crippen LogP contribution in [-0.4, -0.2) is 48.8 Å². The minimum atomic E-state index is -0.171. The minimum absolute atomic E-state index is 0.171. The normalized spacial score (nSPS) is 14.4. The highest BCUT2D eigenvalue weighted by atomic mass is 16.2. The van der Waals surface area contributed by atoms with Crippen LogP contribution < -0.4 is 15.5 Å². The van der Waals surface area contributed by atoms with Crippen molar-refractivity contribution in [2.45, 2.75) is 25.4 Å². The first-order valence-electron chi connectivity index (χ1n) is 13.7. The van der Waals surface area contributed by atoms with Crippen LogP contribution in [0.4, 0.5) is 16.3 Å². The van der Waals surface area contributed by atoms with Gasteiger partial charge in [0.05, 0.1) is 28.9 Å². The summed E-state index contributed by atoms with van der Waals surface area (Å²) >= 11 is 0. The lowest BCUT2D eigenvalue weighted by Gasteiger charge is -2.19. The van der Waals surface area contributed by atoms with E-state index in [1.807, 2.05) is 42.7 Å². The summed E-state index contributed by atoms with van der Waals surface area (Å²) in [5, 5.41) is 14.0. The van der Waals surface area contributed by atoms with Crippen molar-refractivity contribution >= 4 is 39.6 Å². The fraction of sp³-hybridized carbons (Fsp3) is 0.194. The third-order valence-electron chi connectivity index (χ3n) is 7.66. The molecule has 0 radical (unpaired) electrons. The summed E-state index contributed by atoms with van der Waals surface area (Å²) in [6.45, 7) is 2.52. The Morgan fingerprint density at radius 3 is 2.80 bits per heavy atom. The fourth-order valence-corrected chi connectivity index (χ4v) is 5.69. The molecule has 2 amide bonds. The van der Waals surface area contributed by atoms with E-state index in [4.69, 9.17) is 0 Å². The lowest BCUT2D eigenvalue weighted by molar-refractivity contribution is 0.240. The van der Waals surface area contributed by atoms with E-state index in [9.17, 15) is 4.79 Å². The van der Waals surface area contributed by atoms with Crippen molar-refractivity contribution in [2.75, 3.05) is 18.0 Å². The molecule has 41 heavy (non-hydrogen) atoms. The van der Waals surface area contributed by atoms with E-state index in [0.29, 0.717) is 13.1 Å². The first-order valence-corrected chi connectivity index (χ1v) is 13.7. The summed E-state index contributed by atoms with van der Waals surface area (Å²) in [5.41, 5.74) is 7.41. The van der Waals surface area contributed by atoms with Crippen LogP contribution >= 0.6 is 0 Å². The van der Waals surface area contributed by atoms with E-state index in [-0.39, 0.29) is 11.9 Å². The van der Waals surface area contributed by atoms with Gasteiger partial charge in [0.25, 0.3) is 0 Å². The van der Waals surface area contributed by atoms with Crippen molar-refractivity contribution in [3.05, 3.63) is 108 Å². The molecule has 1 atom stereocenters. The highest BCUT2D eigenvalue weighted by Crippen LogP contribution is 2.42. The molecule has 0 saturated heterocycles. The van der Waals surface area contributed by atoms with Gasteiger partial charge in [0.2, 0.25) is 0 Å². The molecule has 7 rings (SSSR count). The van der Waals surface area contributed by atoms with Gasteiger partial charge < -0.3 is 20.1 Å². The summed E-state index contributed by atoms with van der Waals surface area (Å²) in [5.74, 6) is 1.10. The first kappa shape index (κ1) is 24.8. The number of amides is 2. The molecule has 1 aliphatic rings. The number of benzene rings is 3. The Bertz CT molecular complexity index is 1840. The average Bonchev–Trinajstić information content (AvgIpc) is 3.74. The summed E-state index contributed by atoms with van der Waals surface area (Å²) in [6, 6.07) is 24.6. The number of aromatic amines is 1. The molecule has 3 aromatic carbocycles. The third kappa shape index (κ3) is 4.95. The van der Waals surface area contributed by atoms with Crippen molar-refractivity contribution < 1.29 is 4.79 Å². The SMILES string of the molecule is O=C(NCCC1CN(c2ncnc3[nH]ncc23)c2ccccc21)NCc1cccc(Cn2cnc3ccccc32)c1. The third-order valence-corrected chi connectivity index (χ3v) is 7.66. The highest BCUT2D eigenvalue weighted by Gasteiger charge is 2.31. The molecule has 0 fully saturated rings. The van der Waals surface area contributed by atoms with E-state index >= 15 is 0 Å². The van der Waals surface area contributed by atoms with Gasteiger partial charge in [-0.1, -0.05) is 54.6 Å². The molecule has 0 spiro atoms. The number of carbonyl (C=O) groups is 1. The van der Waals surface area contributed by atoms with Crippen molar-refractivity contribution in [3.63, 3.8) is 0 Å². The number of aromatic nitrogens is 6. The summed E-state index contributed by atoms with van der Waals surface area (Å²) in [6.07, 6.45) is 6.01. The van der Waals surface area contributed by atoms with Crippen LogP contribution in [0.5, 0.6) is 0 Å². The molecular weight excluding hydrogens is 514 g/mol. The maximum atomic E-state index is 12.7. The monoisotopic (exact) mass is 543 g/mol. The zero-order chi connectivity index (χ0) is 27.6. The zero-order valence-corrected chi connectivity index (χ0v) is 22.4. The number of imidazole rings is 1. The zero-order valence-electron chi connectivity index (χ0n) is 22.4. The van der Waals surface area contributed by atoms with E-state index in [0.717, 1.165) is 64.2 Å². The number of urea groups is 1. The molecule has 4 heterocycles. The van der Waals surface area contributed by atoms with Gasteiger partial charge in [-0.05, 0) is 41.3 Å². The smallest absolute Gasteiger partial charge is 0.315 e. The molecule has 1 unspecified atom stereocenters. The Kier molecular flexibility index (Phi) is 6.48. The predicted octanol–water partition coefficient (Wildman–Crippen LogP) is 4.88. The van der Waals surface area contributed by atoms with E-state index in [1.165, 1.54) is 5.56 Å². The standard InChI is InChI=1S/C31H29N9O/c41-31(33-15-21-6-5-7-22(14-21)17-39-20-36-26-9-2-4-11-28(26)39)32-13-12-23-18-40(27-10-3-1-8-24(23)27)30-25-16-37-38-29(25)34-19-35-30/h1-11,14,16,19-20,23H,12-13,15,17-18H2,(H2,32,33,41)(H,34,35,37,38). The molecule has 0 aliphatic carbocycles. The Morgan fingerprint density at radius 2 is 1.83 bits per heavy atom. The van der Waals surface area contributed by atoms with Crippen LogP contribution in [0.3, 0.4) is 0 Å². The number of H-pyrrole nitrogens is 1. The van der Waals surface area contributed by atoms with Gasteiger partial charge >= 0.3 is 6.03 Å². The summed E-state index contributed by atoms with van der Waals surface area (Å²) in [4.78, 5) is 28.2. The van der Waals surface area contributed by atoms with Crippen LogP contribution in [0, 0.1) is 0 Å². The van der Waals surface area contributed by atoms with Crippen molar-refractivity contribution in [1.29, 1.82) is 0 Å². The van der Waals surface area contributed by atoms with Gasteiger partial charge in [0, 0.05) is 37.8 Å². The van der Waals surface area contributed by atoms with Gasteiger partial charge in [-0.2, -0.15) is 5.10 Å². The van der Waals surface area contributed by atoms with E-state index in [2.05, 4.69) is 81.6 Å². The Labute approximate surface area is 236 Å². The number of nitrogens with one attached hydrogen (secondary N) is 3. The molecule has 6 aromatic rings. The predicted molar refractivity (Wildman–Crippen MR) is 158 cm³/mol. The van der Waals surface area contributed by atoms with Gasteiger partial charge in [0.1, 0.15) is 12.1 Å². The maximum absolute atomic E-state index is 12.7. The minimum Gasteiger partial charge on any atom is -0.338 e. The lowest BCUT2D eigenvalue weighted by atomic mass is 9.98. The number of hydrogen-bond acceptors (Lipinski definition) is 6. The number of para-hydroxylation sites is 3. The topological polar surface area (TPSA) is 117 Å². The number of anilines is 2. The molecule has 3 N–H and O–H groups in total. The van der Waals surface area contributed by atoms with Crippen LogP contribution in [-0.2, 0) is 13.1 Å². The first-order chi connectivity index (χ1) is 20.2. The highest BCUT2D eigenvalue weighted by molar-refractivity contribution is 5.90. The lowest BCUT2D eigenvalue weighted by Crippen LogP contribution is -2.36. The molecular formula is C31H29N9O. The molecule has 0 bridgehead atoms. The number of hydrogen-bond donors (Lipinski definition) is 3. The molecule has 3 aromatic heterocycles. The van der Waals surface area contributed by atoms with Crippen molar-refractivity contribution in [2.24, 2.45) is 0 Å². The van der Waals surface area contributed by atoms with Gasteiger partial charge in [-0.3, -0.25) is 5.10 Å². The van der Waals surface area contributed by atoms with Crippen LogP contribution in [0.15, 0.2) is 91.6 Å². The van der Waals surface area contributed by atoms with Crippen molar-refractivity contribution in [1.82, 2.24) is 40.3 Å². The maximum Gasteiger partial charge on any atom is 0.315 e. The molecule has 10 heteroatoms. The van der Waals surface area contributed by atoms with Gasteiger partial charge in [0.15, 0.2) is 5.65 Å². The molecule has 10 nitrogen and oxygen atoms in total. The van der Waals surface area contributed by atoms with E-state index < -0.39 is 0 Å². The quantitative estimate of drug-likeness (QED) is 0.252. The number of fused-ring (bicyclic) bond motifs is 3. The van der Waals surface area contributed by atoms with E-state index in [1.54, 1.807) is 12.5 Å². The molecule has 204 valence electrons. The molecule has 0 saturated carbocycles. The Balaban J connectivity index is 0.944. The Morgan fingerprint density at radius 1 is 0.951 bits per heavy atom. The second-order valence-electron chi connectivity index (χ2n) is 10.3. The van der Waals surface area contributed by atoms with Gasteiger partial charge in [-0.15, -0.1) is 0 Å². The van der Waals surface area contributed by atoms with Crippen LogP contribution in [0.25, 0.3) is 22.1 Å². The second kappa shape index (κ2) is 10.7. The van der Waals surface area contributed by atoms with Gasteiger partial charge in [-0.25, -0.2) is 19.7 Å². The van der Waals surface area contributed by atoms with Crippen molar-refractivity contribution in [3.8, 4) is 0 Å². The summed E-state index contributed by atoms with van der Waals surface area (Å²) < 4.78 is 2.14. The second-order valence-corrected chi connectivity index (χ2v) is 10.3. The largest absolute Gasteiger partial charge is 0.338 e. The van der Waals surface area contributed by atoms with Crippen LogP contribution in [0.2, 0.25) is 0 Å². The fourth-order valence-electron chi connectivity index (χ4n) is 5.69.